The molecule has 0 radical (unpaired) electrons. The fourth-order valence-corrected chi connectivity index (χ4v) is 4.67. The van der Waals surface area contributed by atoms with E-state index in [1.807, 2.05) is 33.8 Å². The predicted molar refractivity (Wildman–Crippen MR) is 148 cm³/mol. The number of allylic oxidation sites excluding steroid dienone is 3. The molecule has 39 heavy (non-hydrogen) atoms. The van der Waals surface area contributed by atoms with Gasteiger partial charge in [-0.1, -0.05) is 52.0 Å². The van der Waals surface area contributed by atoms with Gasteiger partial charge in [0.25, 0.3) is 0 Å². The van der Waals surface area contributed by atoms with E-state index in [1.54, 1.807) is 31.2 Å². The van der Waals surface area contributed by atoms with E-state index in [0.29, 0.717) is 12.8 Å². The van der Waals surface area contributed by atoms with Gasteiger partial charge < -0.3 is 35.0 Å². The Kier molecular flexibility index (Phi) is 14.6. The number of carbonyl (C=O) groups excluding carboxylic acids is 2. The normalized spacial score (nSPS) is 31.4. The molecule has 0 aromatic carbocycles. The van der Waals surface area contributed by atoms with Gasteiger partial charge in [-0.15, -0.1) is 0 Å². The van der Waals surface area contributed by atoms with E-state index in [2.05, 4.69) is 0 Å². The third kappa shape index (κ3) is 11.9. The van der Waals surface area contributed by atoms with E-state index in [9.17, 15) is 35.1 Å². The van der Waals surface area contributed by atoms with Crippen LogP contribution in [0.15, 0.2) is 36.0 Å². The first-order chi connectivity index (χ1) is 18.1. The van der Waals surface area contributed by atoms with E-state index in [1.165, 1.54) is 13.8 Å². The van der Waals surface area contributed by atoms with Gasteiger partial charge in [0.05, 0.1) is 30.8 Å². The van der Waals surface area contributed by atoms with Crippen molar-refractivity contribution < 1.29 is 44.6 Å². The van der Waals surface area contributed by atoms with E-state index in [0.717, 1.165) is 5.57 Å². The SMILES string of the molecule is CCC(O)C(C)C(O)C(O)CC(C)C=CC=C(C)C1OC(=O)CC(O)CCC(C)(O)C(OC(C)=O)C=CC1C. The molecule has 1 aliphatic rings. The Morgan fingerprint density at radius 1 is 1.21 bits per heavy atom. The van der Waals surface area contributed by atoms with Crippen molar-refractivity contribution in [1.29, 1.82) is 0 Å². The van der Waals surface area contributed by atoms with Crippen molar-refractivity contribution in [3.05, 3.63) is 36.0 Å². The fraction of sp³-hybridized carbons (Fsp3) is 0.733. The highest BCUT2D eigenvalue weighted by molar-refractivity contribution is 5.70. The topological polar surface area (TPSA) is 154 Å². The van der Waals surface area contributed by atoms with Crippen molar-refractivity contribution in [2.24, 2.45) is 17.8 Å². The summed E-state index contributed by atoms with van der Waals surface area (Å²) in [5.41, 5.74) is -0.706. The molecule has 1 heterocycles. The second kappa shape index (κ2) is 16.3. The van der Waals surface area contributed by atoms with E-state index in [-0.39, 0.29) is 31.1 Å². The lowest BCUT2D eigenvalue weighted by Gasteiger charge is -2.32. The van der Waals surface area contributed by atoms with Gasteiger partial charge in [-0.2, -0.15) is 0 Å². The van der Waals surface area contributed by atoms with Crippen molar-refractivity contribution in [3.63, 3.8) is 0 Å². The molecule has 0 amide bonds. The molecule has 9 nitrogen and oxygen atoms in total. The van der Waals surface area contributed by atoms with Gasteiger partial charge >= 0.3 is 11.9 Å². The number of aliphatic hydroxyl groups is 5. The standard InChI is InChI=1S/C30H50O9/c1-8-24(33)21(5)28(36)25(34)16-18(2)10-9-11-19(3)29-20(4)12-13-26(38-22(6)31)30(7,37)15-14-23(32)17-27(35)39-29/h9-13,18,20-21,23-26,28-29,32-34,36-37H,8,14-17H2,1-7H3. The Balaban J connectivity index is 3.07. The summed E-state index contributed by atoms with van der Waals surface area (Å²) in [6.45, 7) is 11.9. The molecule has 0 aliphatic carbocycles. The third-order valence-corrected chi connectivity index (χ3v) is 7.44. The molecule has 0 saturated heterocycles. The van der Waals surface area contributed by atoms with Gasteiger partial charge in [0.15, 0.2) is 0 Å². The molecule has 10 atom stereocenters. The molecule has 0 spiro atoms. The van der Waals surface area contributed by atoms with Crippen molar-refractivity contribution >= 4 is 11.9 Å². The molecule has 1 aliphatic heterocycles. The average molecular weight is 555 g/mol. The summed E-state index contributed by atoms with van der Waals surface area (Å²) < 4.78 is 11.1. The Bertz CT molecular complexity index is 862. The second-order valence-electron chi connectivity index (χ2n) is 11.3. The van der Waals surface area contributed by atoms with Gasteiger partial charge in [0.2, 0.25) is 0 Å². The molecule has 224 valence electrons. The van der Waals surface area contributed by atoms with Crippen LogP contribution in [0.25, 0.3) is 0 Å². The van der Waals surface area contributed by atoms with E-state index < -0.39 is 60.1 Å². The lowest BCUT2D eigenvalue weighted by atomic mass is 9.88. The number of cyclic esters (lactones) is 1. The van der Waals surface area contributed by atoms with Crippen LogP contribution in [0.5, 0.6) is 0 Å². The van der Waals surface area contributed by atoms with Gasteiger partial charge in [0, 0.05) is 18.8 Å². The summed E-state index contributed by atoms with van der Waals surface area (Å²) in [6, 6.07) is 0. The Morgan fingerprint density at radius 2 is 1.85 bits per heavy atom. The molecule has 0 aromatic heterocycles. The monoisotopic (exact) mass is 554 g/mol. The summed E-state index contributed by atoms with van der Waals surface area (Å²) >= 11 is 0. The number of aliphatic hydroxyl groups excluding tert-OH is 4. The van der Waals surface area contributed by atoms with Crippen LogP contribution in [0.3, 0.4) is 0 Å². The highest BCUT2D eigenvalue weighted by Crippen LogP contribution is 2.27. The van der Waals surface area contributed by atoms with Crippen LogP contribution in [0.2, 0.25) is 0 Å². The second-order valence-corrected chi connectivity index (χ2v) is 11.3. The number of ether oxygens (including phenoxy) is 2. The van der Waals surface area contributed by atoms with Gasteiger partial charge in [-0.25, -0.2) is 0 Å². The van der Waals surface area contributed by atoms with Crippen molar-refractivity contribution in [1.82, 2.24) is 0 Å². The minimum atomic E-state index is -1.43. The fourth-order valence-electron chi connectivity index (χ4n) is 4.67. The molecule has 1 rings (SSSR count). The van der Waals surface area contributed by atoms with Crippen LogP contribution < -0.4 is 0 Å². The number of rotatable bonds is 10. The average Bonchev–Trinajstić information content (AvgIpc) is 2.85. The predicted octanol–water partition coefficient (Wildman–Crippen LogP) is 2.98. The smallest absolute Gasteiger partial charge is 0.309 e. The lowest BCUT2D eigenvalue weighted by molar-refractivity contribution is -0.157. The van der Waals surface area contributed by atoms with Crippen molar-refractivity contribution in [3.8, 4) is 0 Å². The van der Waals surface area contributed by atoms with Crippen LogP contribution in [-0.4, -0.2) is 79.7 Å². The minimum absolute atomic E-state index is 0.0808. The molecule has 9 heteroatoms. The number of carbonyl (C=O) groups is 2. The summed E-state index contributed by atoms with van der Waals surface area (Å²) in [7, 11) is 0. The first kappa shape index (κ1) is 35.0. The first-order valence-corrected chi connectivity index (χ1v) is 13.9. The summed E-state index contributed by atoms with van der Waals surface area (Å²) in [5, 5.41) is 52.0. The molecule has 0 saturated carbocycles. The molecule has 0 aromatic rings. The minimum Gasteiger partial charge on any atom is -0.457 e. The summed E-state index contributed by atoms with van der Waals surface area (Å²) in [6.07, 6.45) is 4.27. The maximum atomic E-state index is 12.6. The molecular weight excluding hydrogens is 504 g/mol. The Morgan fingerprint density at radius 3 is 2.44 bits per heavy atom. The first-order valence-electron chi connectivity index (χ1n) is 13.9. The molecule has 0 fully saturated rings. The zero-order valence-electron chi connectivity index (χ0n) is 24.5. The third-order valence-electron chi connectivity index (χ3n) is 7.44. The number of esters is 2. The van der Waals surface area contributed by atoms with Gasteiger partial charge in [-0.05, 0) is 57.1 Å². The van der Waals surface area contributed by atoms with Gasteiger partial charge in [-0.3, -0.25) is 9.59 Å². The zero-order valence-corrected chi connectivity index (χ0v) is 24.5. The van der Waals surface area contributed by atoms with E-state index >= 15 is 0 Å². The maximum Gasteiger partial charge on any atom is 0.309 e. The van der Waals surface area contributed by atoms with Crippen LogP contribution in [0.4, 0.5) is 0 Å². The van der Waals surface area contributed by atoms with Gasteiger partial charge in [0.1, 0.15) is 17.8 Å². The summed E-state index contributed by atoms with van der Waals surface area (Å²) in [5.74, 6) is -1.98. The highest BCUT2D eigenvalue weighted by atomic mass is 16.6. The Labute approximate surface area is 233 Å². The summed E-state index contributed by atoms with van der Waals surface area (Å²) in [4.78, 5) is 24.2. The van der Waals surface area contributed by atoms with Crippen LogP contribution >= 0.6 is 0 Å². The quantitative estimate of drug-likeness (QED) is 0.156. The van der Waals surface area contributed by atoms with Crippen molar-refractivity contribution in [2.45, 2.75) is 123 Å². The Hall–Kier alpha value is -2.04. The van der Waals surface area contributed by atoms with Crippen molar-refractivity contribution in [2.75, 3.05) is 0 Å². The highest BCUT2D eigenvalue weighted by Gasteiger charge is 2.35. The number of hydrogen-bond donors (Lipinski definition) is 5. The largest absolute Gasteiger partial charge is 0.457 e. The molecule has 5 N–H and O–H groups in total. The lowest BCUT2D eigenvalue weighted by Crippen LogP contribution is -2.42. The van der Waals surface area contributed by atoms with Crippen LogP contribution in [0, 0.1) is 17.8 Å². The molecular formula is C30H50O9. The van der Waals surface area contributed by atoms with E-state index in [4.69, 9.17) is 9.47 Å². The number of hydrogen-bond acceptors (Lipinski definition) is 9. The maximum absolute atomic E-state index is 12.6. The van der Waals surface area contributed by atoms with Crippen LogP contribution in [-0.2, 0) is 19.1 Å². The molecule has 10 unspecified atom stereocenters. The van der Waals surface area contributed by atoms with Crippen LogP contribution in [0.1, 0.15) is 80.6 Å². The zero-order chi connectivity index (χ0) is 29.9. The molecule has 0 bridgehead atoms.